The summed E-state index contributed by atoms with van der Waals surface area (Å²) in [6.07, 6.45) is 0. The molecule has 0 unspecified atom stereocenters. The minimum Gasteiger partial charge on any atom is -0.151 e. The van der Waals surface area contributed by atoms with E-state index in [2.05, 4.69) is 29.3 Å². The molecule has 0 atom stereocenters. The second-order valence-corrected chi connectivity index (χ2v) is 6.00. The fourth-order valence-electron chi connectivity index (χ4n) is 2.40. The van der Waals surface area contributed by atoms with Crippen LogP contribution in [0.4, 0.5) is 11.4 Å². The van der Waals surface area contributed by atoms with Gasteiger partial charge in [-0.15, -0.1) is 5.11 Å². The van der Waals surface area contributed by atoms with Crippen molar-refractivity contribution in [2.24, 2.45) is 10.2 Å². The molecule has 0 aromatic heterocycles. The van der Waals surface area contributed by atoms with E-state index < -0.39 is 0 Å². The molecule has 2 nitrogen and oxygen atoms in total. The Morgan fingerprint density at radius 3 is 2.22 bits per heavy atom. The van der Waals surface area contributed by atoms with Crippen LogP contribution in [-0.4, -0.2) is 0 Å². The summed E-state index contributed by atoms with van der Waals surface area (Å²) in [6.45, 7) is 4.10. The van der Waals surface area contributed by atoms with Crippen LogP contribution in [0.5, 0.6) is 0 Å². The minimum atomic E-state index is 0.726. The average molecular weight is 321 g/mol. The molecule has 3 heteroatoms. The number of hydrogen-bond acceptors (Lipinski definition) is 2. The van der Waals surface area contributed by atoms with Crippen LogP contribution in [0, 0.1) is 13.8 Å². The molecule has 0 aliphatic carbocycles. The van der Waals surface area contributed by atoms with E-state index in [-0.39, 0.29) is 0 Å². The van der Waals surface area contributed by atoms with Gasteiger partial charge < -0.3 is 0 Å². The van der Waals surface area contributed by atoms with Gasteiger partial charge in [0.1, 0.15) is 0 Å². The van der Waals surface area contributed by atoms with Crippen LogP contribution in [0.25, 0.3) is 11.1 Å². The highest BCUT2D eigenvalue weighted by Crippen LogP contribution is 2.33. The lowest BCUT2D eigenvalue weighted by atomic mass is 10.0. The number of azo groups is 1. The topological polar surface area (TPSA) is 24.7 Å². The van der Waals surface area contributed by atoms with Crippen molar-refractivity contribution in [1.82, 2.24) is 0 Å². The number of halogens is 1. The van der Waals surface area contributed by atoms with Crippen molar-refractivity contribution in [1.29, 1.82) is 0 Å². The summed E-state index contributed by atoms with van der Waals surface area (Å²) in [6, 6.07) is 22.0. The van der Waals surface area contributed by atoms with Crippen molar-refractivity contribution in [3.05, 3.63) is 82.9 Å². The Morgan fingerprint density at radius 1 is 0.739 bits per heavy atom. The molecule has 0 N–H and O–H groups in total. The van der Waals surface area contributed by atoms with Crippen molar-refractivity contribution in [3.63, 3.8) is 0 Å². The molecule has 0 bridgehead atoms. The van der Waals surface area contributed by atoms with E-state index in [9.17, 15) is 0 Å². The monoisotopic (exact) mass is 320 g/mol. The van der Waals surface area contributed by atoms with Gasteiger partial charge in [-0.05, 0) is 60.9 Å². The lowest BCUT2D eigenvalue weighted by Gasteiger charge is -2.07. The molecule has 3 aromatic carbocycles. The molecule has 0 aliphatic heterocycles. The second kappa shape index (κ2) is 6.76. The Labute approximate surface area is 141 Å². The standard InChI is InChI=1S/C20H17ClN2/c1-14-4-3-5-18(12-14)22-23-20-13-15(2)6-11-19(20)16-7-9-17(21)10-8-16/h3-13H,1-2H3/b23-22+. The Morgan fingerprint density at radius 2 is 1.48 bits per heavy atom. The van der Waals surface area contributed by atoms with Gasteiger partial charge in [-0.2, -0.15) is 5.11 Å². The Bertz CT molecular complexity index is 852. The van der Waals surface area contributed by atoms with Gasteiger partial charge in [0.2, 0.25) is 0 Å². The molecular formula is C20H17ClN2. The van der Waals surface area contributed by atoms with Gasteiger partial charge in [-0.25, -0.2) is 0 Å². The smallest absolute Gasteiger partial charge is 0.0937 e. The van der Waals surface area contributed by atoms with Crippen LogP contribution in [0.1, 0.15) is 11.1 Å². The zero-order valence-corrected chi connectivity index (χ0v) is 13.9. The molecule has 0 saturated carbocycles. The molecule has 0 aliphatic rings. The van der Waals surface area contributed by atoms with E-state index in [1.165, 1.54) is 5.56 Å². The normalized spacial score (nSPS) is 11.1. The van der Waals surface area contributed by atoms with E-state index in [0.717, 1.165) is 33.1 Å². The highest BCUT2D eigenvalue weighted by molar-refractivity contribution is 6.30. The maximum atomic E-state index is 5.98. The first-order valence-corrected chi connectivity index (χ1v) is 7.84. The SMILES string of the molecule is Cc1cccc(/N=N/c2cc(C)ccc2-c2ccc(Cl)cc2)c1. The van der Waals surface area contributed by atoms with Gasteiger partial charge in [0.25, 0.3) is 0 Å². The molecule has 114 valence electrons. The first-order valence-electron chi connectivity index (χ1n) is 7.47. The van der Waals surface area contributed by atoms with Crippen LogP contribution in [0.15, 0.2) is 77.0 Å². The van der Waals surface area contributed by atoms with Crippen LogP contribution < -0.4 is 0 Å². The van der Waals surface area contributed by atoms with E-state index in [1.54, 1.807) is 0 Å². The average Bonchev–Trinajstić information content (AvgIpc) is 2.54. The number of benzene rings is 3. The maximum absolute atomic E-state index is 5.98. The van der Waals surface area contributed by atoms with Gasteiger partial charge in [0.15, 0.2) is 0 Å². The molecular weight excluding hydrogens is 304 g/mol. The zero-order chi connectivity index (χ0) is 16.2. The van der Waals surface area contributed by atoms with Crippen LogP contribution in [-0.2, 0) is 0 Å². The van der Waals surface area contributed by atoms with Gasteiger partial charge in [0, 0.05) is 10.6 Å². The summed E-state index contributed by atoms with van der Waals surface area (Å²) in [5.74, 6) is 0. The third-order valence-electron chi connectivity index (χ3n) is 3.58. The quantitative estimate of drug-likeness (QED) is 0.462. The lowest BCUT2D eigenvalue weighted by Crippen LogP contribution is -1.81. The van der Waals surface area contributed by atoms with Gasteiger partial charge in [-0.3, -0.25) is 0 Å². The highest BCUT2D eigenvalue weighted by atomic mass is 35.5. The van der Waals surface area contributed by atoms with Crippen molar-refractivity contribution in [3.8, 4) is 11.1 Å². The number of aryl methyl sites for hydroxylation is 2. The summed E-state index contributed by atoms with van der Waals surface area (Å²) in [7, 11) is 0. The predicted molar refractivity (Wildman–Crippen MR) is 97.0 cm³/mol. The van der Waals surface area contributed by atoms with Crippen molar-refractivity contribution < 1.29 is 0 Å². The molecule has 0 heterocycles. The summed E-state index contributed by atoms with van der Waals surface area (Å²) < 4.78 is 0. The van der Waals surface area contributed by atoms with Gasteiger partial charge in [0.05, 0.1) is 11.4 Å². The predicted octanol–water partition coefficient (Wildman–Crippen LogP) is 7.04. The fourth-order valence-corrected chi connectivity index (χ4v) is 2.53. The number of hydrogen-bond donors (Lipinski definition) is 0. The van der Waals surface area contributed by atoms with Crippen molar-refractivity contribution >= 4 is 23.0 Å². The lowest BCUT2D eigenvalue weighted by molar-refractivity contribution is 1.22. The largest absolute Gasteiger partial charge is 0.151 e. The summed E-state index contributed by atoms with van der Waals surface area (Å²) in [4.78, 5) is 0. The van der Waals surface area contributed by atoms with Crippen molar-refractivity contribution in [2.75, 3.05) is 0 Å². The number of nitrogens with zero attached hydrogens (tertiary/aromatic N) is 2. The third-order valence-corrected chi connectivity index (χ3v) is 3.84. The third kappa shape index (κ3) is 3.85. The number of rotatable bonds is 3. The van der Waals surface area contributed by atoms with E-state index in [4.69, 9.17) is 11.6 Å². The van der Waals surface area contributed by atoms with Crippen LogP contribution >= 0.6 is 11.6 Å². The molecule has 0 radical (unpaired) electrons. The van der Waals surface area contributed by atoms with E-state index >= 15 is 0 Å². The molecule has 0 fully saturated rings. The molecule has 0 amide bonds. The summed E-state index contributed by atoms with van der Waals surface area (Å²) in [5, 5.41) is 9.58. The molecule has 0 spiro atoms. The summed E-state index contributed by atoms with van der Waals surface area (Å²) >= 11 is 5.98. The molecule has 3 aromatic rings. The van der Waals surface area contributed by atoms with Crippen molar-refractivity contribution in [2.45, 2.75) is 13.8 Å². The second-order valence-electron chi connectivity index (χ2n) is 5.57. The van der Waals surface area contributed by atoms with E-state index in [0.29, 0.717) is 0 Å². The fraction of sp³-hybridized carbons (Fsp3) is 0.100. The molecule has 23 heavy (non-hydrogen) atoms. The summed E-state index contributed by atoms with van der Waals surface area (Å²) in [5.41, 5.74) is 6.16. The maximum Gasteiger partial charge on any atom is 0.0937 e. The van der Waals surface area contributed by atoms with Crippen LogP contribution in [0.2, 0.25) is 5.02 Å². The highest BCUT2D eigenvalue weighted by Gasteiger charge is 2.05. The van der Waals surface area contributed by atoms with Gasteiger partial charge >= 0.3 is 0 Å². The first-order chi connectivity index (χ1) is 11.1. The van der Waals surface area contributed by atoms with Crippen LogP contribution in [0.3, 0.4) is 0 Å². The zero-order valence-electron chi connectivity index (χ0n) is 13.1. The Balaban J connectivity index is 2.01. The first kappa shape index (κ1) is 15.4. The molecule has 0 saturated heterocycles. The Kier molecular flexibility index (Phi) is 4.54. The van der Waals surface area contributed by atoms with E-state index in [1.807, 2.05) is 61.5 Å². The molecule has 3 rings (SSSR count). The van der Waals surface area contributed by atoms with Gasteiger partial charge in [-0.1, -0.05) is 48.0 Å². The Hall–Kier alpha value is -2.45. The minimum absolute atomic E-state index is 0.726.